The van der Waals surface area contributed by atoms with Crippen LogP contribution in [0.25, 0.3) is 0 Å². The highest BCUT2D eigenvalue weighted by atomic mass is 35.5. The van der Waals surface area contributed by atoms with E-state index in [1.54, 1.807) is 18.2 Å². The monoisotopic (exact) mass is 525 g/mol. The number of fused-ring (bicyclic) bond motifs is 1. The summed E-state index contributed by atoms with van der Waals surface area (Å²) in [6, 6.07) is 9.41. The van der Waals surface area contributed by atoms with E-state index in [2.05, 4.69) is 5.32 Å². The Hall–Kier alpha value is -2.62. The zero-order chi connectivity index (χ0) is 25.2. The van der Waals surface area contributed by atoms with E-state index in [1.807, 2.05) is 13.8 Å². The largest absolute Gasteiger partial charge is 0.352 e. The van der Waals surface area contributed by atoms with E-state index in [4.69, 9.17) is 23.2 Å². The molecule has 2 aromatic rings. The summed E-state index contributed by atoms with van der Waals surface area (Å²) in [4.78, 5) is 40.0. The van der Waals surface area contributed by atoms with Crippen LogP contribution in [0.3, 0.4) is 0 Å². The molecule has 0 bridgehead atoms. The smallest absolute Gasteiger partial charge is 0.269 e. The first-order valence-corrected chi connectivity index (χ1v) is 12.9. The number of nitrogens with zero attached hydrogens (tertiary/aromatic N) is 2. The van der Waals surface area contributed by atoms with Crippen molar-refractivity contribution in [1.82, 2.24) is 14.5 Å². The molecule has 3 amide bonds. The van der Waals surface area contributed by atoms with Gasteiger partial charge < -0.3 is 10.2 Å². The molecule has 0 fully saturated rings. The van der Waals surface area contributed by atoms with E-state index in [0.29, 0.717) is 21.3 Å². The minimum Gasteiger partial charge on any atom is -0.352 e. The van der Waals surface area contributed by atoms with Gasteiger partial charge in [-0.05, 0) is 50.1 Å². The number of sulfonamides is 1. The molecule has 1 aliphatic rings. The number of carbonyl (C=O) groups is 3. The Morgan fingerprint density at radius 3 is 2.41 bits per heavy atom. The average molecular weight is 526 g/mol. The Morgan fingerprint density at radius 1 is 1.12 bits per heavy atom. The van der Waals surface area contributed by atoms with Crippen LogP contribution in [0.4, 0.5) is 0 Å². The molecule has 0 aromatic heterocycles. The highest BCUT2D eigenvalue weighted by Gasteiger charge is 2.43. The number of rotatable bonds is 8. The third-order valence-electron chi connectivity index (χ3n) is 5.72. The predicted octanol–water partition coefficient (Wildman–Crippen LogP) is 3.47. The highest BCUT2D eigenvalue weighted by molar-refractivity contribution is 7.90. The molecule has 8 nitrogen and oxygen atoms in total. The van der Waals surface area contributed by atoms with Gasteiger partial charge in [0.05, 0.1) is 5.56 Å². The lowest BCUT2D eigenvalue weighted by molar-refractivity contribution is -0.140. The van der Waals surface area contributed by atoms with Crippen molar-refractivity contribution >= 4 is 50.9 Å². The van der Waals surface area contributed by atoms with Crippen LogP contribution in [0.5, 0.6) is 0 Å². The van der Waals surface area contributed by atoms with Gasteiger partial charge in [-0.25, -0.2) is 12.7 Å². The maximum absolute atomic E-state index is 13.4. The second-order valence-electron chi connectivity index (χ2n) is 8.06. The van der Waals surface area contributed by atoms with E-state index < -0.39 is 40.3 Å². The van der Waals surface area contributed by atoms with Crippen LogP contribution < -0.4 is 5.32 Å². The summed E-state index contributed by atoms with van der Waals surface area (Å²) in [5.74, 6) is -1.92. The Bertz CT molecular complexity index is 1230. The molecule has 11 heteroatoms. The molecule has 0 aliphatic carbocycles. The first-order chi connectivity index (χ1) is 16.0. The van der Waals surface area contributed by atoms with Crippen LogP contribution in [0.1, 0.15) is 43.1 Å². The van der Waals surface area contributed by atoms with Crippen LogP contribution in [0.2, 0.25) is 10.0 Å². The zero-order valence-electron chi connectivity index (χ0n) is 18.9. The van der Waals surface area contributed by atoms with Crippen LogP contribution in [-0.4, -0.2) is 54.0 Å². The molecule has 2 aromatic carbocycles. The first-order valence-electron chi connectivity index (χ1n) is 10.7. The van der Waals surface area contributed by atoms with Crippen molar-refractivity contribution in [1.29, 1.82) is 0 Å². The molecule has 0 saturated heterocycles. The fourth-order valence-electron chi connectivity index (χ4n) is 3.48. The molecule has 1 heterocycles. The number of carbonyl (C=O) groups excluding carboxylic acids is 3. The summed E-state index contributed by atoms with van der Waals surface area (Å²) in [6.45, 7) is 4.45. The summed E-state index contributed by atoms with van der Waals surface area (Å²) in [6.07, 6.45) is 0.689. The standard InChI is InChI=1S/C23H25Cl2N3O5S/c1-4-14(2)26-22(30)15(3)27(12-16-9-10-17(24)11-19(16)25)21(29)13-28-23(31)18-7-5-6-8-20(18)34(28,32)33/h5-11,14-15H,4,12-13H2,1-3H3,(H,26,30). The van der Waals surface area contributed by atoms with Gasteiger partial charge in [-0.3, -0.25) is 14.4 Å². The van der Waals surface area contributed by atoms with Gasteiger partial charge in [0.2, 0.25) is 11.8 Å². The summed E-state index contributed by atoms with van der Waals surface area (Å²) < 4.78 is 26.4. The van der Waals surface area contributed by atoms with Crippen molar-refractivity contribution in [2.75, 3.05) is 6.54 Å². The van der Waals surface area contributed by atoms with E-state index in [-0.39, 0.29) is 28.1 Å². The predicted molar refractivity (Wildman–Crippen MR) is 129 cm³/mol. The maximum Gasteiger partial charge on any atom is 0.269 e. The lowest BCUT2D eigenvalue weighted by Gasteiger charge is -2.31. The Kier molecular flexibility index (Phi) is 7.90. The molecule has 3 rings (SSSR count). The summed E-state index contributed by atoms with van der Waals surface area (Å²) in [5.41, 5.74) is 0.520. The van der Waals surface area contributed by atoms with Gasteiger partial charge in [-0.1, -0.05) is 48.3 Å². The van der Waals surface area contributed by atoms with E-state index >= 15 is 0 Å². The van der Waals surface area contributed by atoms with Crippen LogP contribution in [0.15, 0.2) is 47.4 Å². The molecule has 0 spiro atoms. The summed E-state index contributed by atoms with van der Waals surface area (Å²) in [5, 5.41) is 3.51. The molecule has 2 atom stereocenters. The number of hydrogen-bond donors (Lipinski definition) is 1. The number of nitrogens with one attached hydrogen (secondary N) is 1. The fraction of sp³-hybridized carbons (Fsp3) is 0.348. The SMILES string of the molecule is CCC(C)NC(=O)C(C)N(Cc1ccc(Cl)cc1Cl)C(=O)CN1C(=O)c2ccccc2S1(=O)=O. The molecule has 1 aliphatic heterocycles. The molecular weight excluding hydrogens is 501 g/mol. The number of benzene rings is 2. The Morgan fingerprint density at radius 2 is 1.79 bits per heavy atom. The quantitative estimate of drug-likeness (QED) is 0.568. The molecule has 182 valence electrons. The van der Waals surface area contributed by atoms with Gasteiger partial charge in [-0.15, -0.1) is 0 Å². The summed E-state index contributed by atoms with van der Waals surface area (Å²) in [7, 11) is -4.19. The van der Waals surface area contributed by atoms with Gasteiger partial charge in [0.15, 0.2) is 0 Å². The van der Waals surface area contributed by atoms with Crippen LogP contribution in [-0.2, 0) is 26.2 Å². The Labute approximate surface area is 208 Å². The summed E-state index contributed by atoms with van der Waals surface area (Å²) >= 11 is 12.3. The van der Waals surface area contributed by atoms with Gasteiger partial charge in [0, 0.05) is 22.6 Å². The highest BCUT2D eigenvalue weighted by Crippen LogP contribution is 2.30. The van der Waals surface area contributed by atoms with Crippen molar-refractivity contribution in [3.05, 3.63) is 63.6 Å². The van der Waals surface area contributed by atoms with E-state index in [9.17, 15) is 22.8 Å². The van der Waals surface area contributed by atoms with Gasteiger partial charge in [0.25, 0.3) is 15.9 Å². The molecular formula is C23H25Cl2N3O5S. The van der Waals surface area contributed by atoms with Crippen molar-refractivity contribution < 1.29 is 22.8 Å². The molecule has 34 heavy (non-hydrogen) atoms. The average Bonchev–Trinajstić information content (AvgIpc) is 2.98. The van der Waals surface area contributed by atoms with Crippen molar-refractivity contribution in [3.63, 3.8) is 0 Å². The fourth-order valence-corrected chi connectivity index (χ4v) is 5.47. The first kappa shape index (κ1) is 26.0. The zero-order valence-corrected chi connectivity index (χ0v) is 21.2. The number of amides is 3. The molecule has 0 radical (unpaired) electrons. The van der Waals surface area contributed by atoms with Crippen molar-refractivity contribution in [2.24, 2.45) is 0 Å². The lowest BCUT2D eigenvalue weighted by atomic mass is 10.1. The van der Waals surface area contributed by atoms with Crippen LogP contribution in [0, 0.1) is 0 Å². The number of halogens is 2. The normalized spacial score (nSPS) is 16.0. The maximum atomic E-state index is 13.4. The topological polar surface area (TPSA) is 104 Å². The second kappa shape index (κ2) is 10.3. The Balaban J connectivity index is 1.91. The van der Waals surface area contributed by atoms with Gasteiger partial charge in [0.1, 0.15) is 17.5 Å². The molecule has 0 saturated carbocycles. The van der Waals surface area contributed by atoms with Gasteiger partial charge >= 0.3 is 0 Å². The number of hydrogen-bond acceptors (Lipinski definition) is 5. The molecule has 2 unspecified atom stereocenters. The minimum atomic E-state index is -4.19. The van der Waals surface area contributed by atoms with E-state index in [0.717, 1.165) is 0 Å². The van der Waals surface area contributed by atoms with Crippen molar-refractivity contribution in [2.45, 2.75) is 50.7 Å². The lowest BCUT2D eigenvalue weighted by Crippen LogP contribution is -2.52. The third-order valence-corrected chi connectivity index (χ3v) is 8.09. The second-order valence-corrected chi connectivity index (χ2v) is 10.7. The molecule has 1 N–H and O–H groups in total. The van der Waals surface area contributed by atoms with Gasteiger partial charge in [-0.2, -0.15) is 0 Å². The van der Waals surface area contributed by atoms with Crippen LogP contribution >= 0.6 is 23.2 Å². The van der Waals surface area contributed by atoms with Crippen molar-refractivity contribution in [3.8, 4) is 0 Å². The third kappa shape index (κ3) is 5.21. The minimum absolute atomic E-state index is 0.00478. The van der Waals surface area contributed by atoms with E-state index in [1.165, 1.54) is 36.1 Å².